The number of aromatic carboxylic acids is 1. The number of halogens is 1. The first-order valence-electron chi connectivity index (χ1n) is 5.77. The summed E-state index contributed by atoms with van der Waals surface area (Å²) in [6.45, 7) is 0. The van der Waals surface area contributed by atoms with E-state index < -0.39 is 21.8 Å². The van der Waals surface area contributed by atoms with Crippen LogP contribution < -0.4 is 4.31 Å². The fourth-order valence-electron chi connectivity index (χ4n) is 1.69. The fourth-order valence-corrected chi connectivity index (χ4v) is 2.86. The first kappa shape index (κ1) is 14.9. The Balaban J connectivity index is 2.51. The molecule has 0 aliphatic heterocycles. The van der Waals surface area contributed by atoms with Crippen molar-refractivity contribution in [3.63, 3.8) is 0 Å². The Morgan fingerprint density at radius 2 is 1.86 bits per heavy atom. The quantitative estimate of drug-likeness (QED) is 0.929. The third kappa shape index (κ3) is 2.84. The van der Waals surface area contributed by atoms with Crippen molar-refractivity contribution in [1.82, 2.24) is 4.98 Å². The van der Waals surface area contributed by atoms with E-state index in [-0.39, 0.29) is 16.3 Å². The van der Waals surface area contributed by atoms with Gasteiger partial charge < -0.3 is 5.11 Å². The molecule has 21 heavy (non-hydrogen) atoms. The largest absolute Gasteiger partial charge is 0.478 e. The van der Waals surface area contributed by atoms with Crippen molar-refractivity contribution < 1.29 is 22.7 Å². The molecule has 1 aromatic carbocycles. The number of carbonyl (C=O) groups is 1. The molecule has 6 nitrogen and oxygen atoms in total. The van der Waals surface area contributed by atoms with Gasteiger partial charge in [0.05, 0.1) is 4.90 Å². The number of carboxylic acids is 1. The van der Waals surface area contributed by atoms with Gasteiger partial charge in [-0.05, 0) is 36.4 Å². The van der Waals surface area contributed by atoms with Crippen molar-refractivity contribution in [2.24, 2.45) is 0 Å². The van der Waals surface area contributed by atoms with Gasteiger partial charge in [0.25, 0.3) is 10.0 Å². The van der Waals surface area contributed by atoms with E-state index in [0.717, 1.165) is 28.6 Å². The number of aromatic nitrogens is 1. The molecule has 1 N–H and O–H groups in total. The number of sulfonamides is 1. The number of nitrogens with zero attached hydrogens (tertiary/aromatic N) is 2. The summed E-state index contributed by atoms with van der Waals surface area (Å²) in [6.07, 6.45) is 1.29. The maximum atomic E-state index is 12.9. The monoisotopic (exact) mass is 310 g/mol. The number of pyridine rings is 1. The van der Waals surface area contributed by atoms with Gasteiger partial charge in [0.1, 0.15) is 11.4 Å². The lowest BCUT2D eigenvalue weighted by Gasteiger charge is -2.19. The predicted molar refractivity (Wildman–Crippen MR) is 73.2 cm³/mol. The summed E-state index contributed by atoms with van der Waals surface area (Å²) in [5.41, 5.74) is -0.245. The minimum absolute atomic E-state index is 0.159. The van der Waals surface area contributed by atoms with Gasteiger partial charge in [-0.1, -0.05) is 0 Å². The lowest BCUT2D eigenvalue weighted by atomic mass is 10.2. The zero-order valence-corrected chi connectivity index (χ0v) is 11.7. The highest BCUT2D eigenvalue weighted by Gasteiger charge is 2.26. The second-order valence-corrected chi connectivity index (χ2v) is 6.08. The Bertz CT molecular complexity index is 775. The lowest BCUT2D eigenvalue weighted by molar-refractivity contribution is 0.0697. The van der Waals surface area contributed by atoms with Crippen LogP contribution >= 0.6 is 0 Å². The molecule has 0 fully saturated rings. The standard InChI is InChI=1S/C13H11FN2O4S/c1-16(12-11(13(17)18)3-2-8-15-12)21(19,20)10-6-4-9(14)5-7-10/h2-8H,1H3,(H,17,18). The number of carboxylic acid groups (broad SMARTS) is 1. The third-order valence-electron chi connectivity index (χ3n) is 2.79. The van der Waals surface area contributed by atoms with Crippen LogP contribution in [0.4, 0.5) is 10.2 Å². The molecule has 0 atom stereocenters. The Morgan fingerprint density at radius 3 is 2.43 bits per heavy atom. The smallest absolute Gasteiger partial charge is 0.339 e. The maximum Gasteiger partial charge on any atom is 0.339 e. The Labute approximate surface area is 120 Å². The van der Waals surface area contributed by atoms with Crippen molar-refractivity contribution in [2.75, 3.05) is 11.4 Å². The highest BCUT2D eigenvalue weighted by Crippen LogP contribution is 2.23. The van der Waals surface area contributed by atoms with E-state index in [0.29, 0.717) is 0 Å². The summed E-state index contributed by atoms with van der Waals surface area (Å²) < 4.78 is 38.4. The van der Waals surface area contributed by atoms with Gasteiger partial charge in [-0.15, -0.1) is 0 Å². The van der Waals surface area contributed by atoms with Crippen LogP contribution in [-0.2, 0) is 10.0 Å². The molecular weight excluding hydrogens is 299 g/mol. The summed E-state index contributed by atoms with van der Waals surface area (Å²) in [5.74, 6) is -2.07. The highest BCUT2D eigenvalue weighted by molar-refractivity contribution is 7.92. The van der Waals surface area contributed by atoms with Crippen LogP contribution in [0.5, 0.6) is 0 Å². The van der Waals surface area contributed by atoms with Gasteiger partial charge in [0, 0.05) is 13.2 Å². The summed E-state index contributed by atoms with van der Waals surface area (Å²) in [4.78, 5) is 14.8. The Kier molecular flexibility index (Phi) is 3.90. The molecule has 2 aromatic rings. The zero-order chi connectivity index (χ0) is 15.6. The molecule has 0 radical (unpaired) electrons. The highest BCUT2D eigenvalue weighted by atomic mass is 32.2. The van der Waals surface area contributed by atoms with Gasteiger partial charge in [0.15, 0.2) is 5.82 Å². The minimum atomic E-state index is -4.02. The lowest BCUT2D eigenvalue weighted by Crippen LogP contribution is -2.29. The molecular formula is C13H11FN2O4S. The van der Waals surface area contributed by atoms with Crippen LogP contribution in [0.15, 0.2) is 47.5 Å². The third-order valence-corrected chi connectivity index (χ3v) is 4.55. The van der Waals surface area contributed by atoms with Crippen LogP contribution in [0.2, 0.25) is 0 Å². The minimum Gasteiger partial charge on any atom is -0.478 e. The van der Waals surface area contributed by atoms with Crippen LogP contribution in [0.1, 0.15) is 10.4 Å². The SMILES string of the molecule is CN(c1ncccc1C(=O)O)S(=O)(=O)c1ccc(F)cc1. The van der Waals surface area contributed by atoms with E-state index in [9.17, 15) is 17.6 Å². The molecule has 8 heteroatoms. The molecule has 0 saturated carbocycles. The predicted octanol–water partition coefficient (Wildman–Crippen LogP) is 1.74. The van der Waals surface area contributed by atoms with E-state index >= 15 is 0 Å². The van der Waals surface area contributed by atoms with Crippen molar-refractivity contribution in [1.29, 1.82) is 0 Å². The van der Waals surface area contributed by atoms with E-state index in [1.807, 2.05) is 0 Å². The molecule has 0 bridgehead atoms. The first-order chi connectivity index (χ1) is 9.84. The van der Waals surface area contributed by atoms with Gasteiger partial charge in [-0.2, -0.15) is 0 Å². The van der Waals surface area contributed by atoms with Crippen LogP contribution in [-0.4, -0.2) is 31.5 Å². The Morgan fingerprint density at radius 1 is 1.24 bits per heavy atom. The van der Waals surface area contributed by atoms with E-state index in [1.54, 1.807) is 0 Å². The summed E-state index contributed by atoms with van der Waals surface area (Å²) in [5, 5.41) is 9.08. The van der Waals surface area contributed by atoms with Gasteiger partial charge in [0.2, 0.25) is 0 Å². The number of hydrogen-bond donors (Lipinski definition) is 1. The molecule has 2 rings (SSSR count). The van der Waals surface area contributed by atoms with Crippen LogP contribution in [0.3, 0.4) is 0 Å². The first-order valence-corrected chi connectivity index (χ1v) is 7.21. The molecule has 0 spiro atoms. The molecule has 0 saturated heterocycles. The molecule has 0 amide bonds. The van der Waals surface area contributed by atoms with Crippen molar-refractivity contribution in [2.45, 2.75) is 4.90 Å². The fraction of sp³-hybridized carbons (Fsp3) is 0.0769. The van der Waals surface area contributed by atoms with Crippen LogP contribution in [0, 0.1) is 5.82 Å². The average molecular weight is 310 g/mol. The normalized spacial score (nSPS) is 11.1. The van der Waals surface area contributed by atoms with Crippen molar-refractivity contribution >= 4 is 21.8 Å². The van der Waals surface area contributed by atoms with Crippen LogP contribution in [0.25, 0.3) is 0 Å². The number of rotatable bonds is 4. The zero-order valence-electron chi connectivity index (χ0n) is 10.9. The summed E-state index contributed by atoms with van der Waals surface area (Å²) in [6, 6.07) is 6.87. The molecule has 1 heterocycles. The van der Waals surface area contributed by atoms with Gasteiger partial charge in [-0.25, -0.2) is 22.6 Å². The van der Waals surface area contributed by atoms with Crippen molar-refractivity contribution in [3.8, 4) is 0 Å². The second-order valence-electron chi connectivity index (χ2n) is 4.11. The second kappa shape index (κ2) is 5.49. The Hall–Kier alpha value is -2.48. The van der Waals surface area contributed by atoms with Gasteiger partial charge in [-0.3, -0.25) is 4.31 Å². The topological polar surface area (TPSA) is 87.6 Å². The summed E-state index contributed by atoms with van der Waals surface area (Å²) >= 11 is 0. The molecule has 1 aromatic heterocycles. The summed E-state index contributed by atoms with van der Waals surface area (Å²) in [7, 11) is -2.84. The van der Waals surface area contributed by atoms with E-state index in [4.69, 9.17) is 5.11 Å². The number of benzene rings is 1. The van der Waals surface area contributed by atoms with Gasteiger partial charge >= 0.3 is 5.97 Å². The van der Waals surface area contributed by atoms with Crippen molar-refractivity contribution in [3.05, 3.63) is 54.0 Å². The average Bonchev–Trinajstić information content (AvgIpc) is 2.46. The molecule has 110 valence electrons. The maximum absolute atomic E-state index is 12.9. The molecule has 0 aliphatic rings. The number of anilines is 1. The van der Waals surface area contributed by atoms with E-state index in [2.05, 4.69) is 4.98 Å². The number of hydrogen-bond acceptors (Lipinski definition) is 4. The molecule has 0 aliphatic carbocycles. The van der Waals surface area contributed by atoms with E-state index in [1.165, 1.54) is 25.4 Å². The molecule has 0 unspecified atom stereocenters.